The van der Waals surface area contributed by atoms with Crippen LogP contribution in [0.1, 0.15) is 39.0 Å². The fraction of sp³-hybridized carbons (Fsp3) is 0.867. The second-order valence-electron chi connectivity index (χ2n) is 6.16. The summed E-state index contributed by atoms with van der Waals surface area (Å²) in [6, 6.07) is 0.423. The van der Waals surface area contributed by atoms with Gasteiger partial charge >= 0.3 is 12.0 Å². The number of carboxylic acids is 1. The van der Waals surface area contributed by atoms with Crippen molar-refractivity contribution in [2.24, 2.45) is 5.92 Å². The molecule has 2 amide bonds. The number of hydrogen-bond donors (Lipinski definition) is 2. The van der Waals surface area contributed by atoms with Crippen LogP contribution < -0.4 is 5.32 Å². The van der Waals surface area contributed by atoms with Crippen molar-refractivity contribution in [3.8, 4) is 0 Å². The molecule has 2 unspecified atom stereocenters. The minimum Gasteiger partial charge on any atom is -0.481 e. The highest BCUT2D eigenvalue weighted by atomic mass is 16.4. The third-order valence-electron chi connectivity index (χ3n) is 4.66. The maximum Gasteiger partial charge on any atom is 0.317 e. The third-order valence-corrected chi connectivity index (χ3v) is 4.66. The molecule has 6 nitrogen and oxygen atoms in total. The number of carbonyl (C=O) groups is 2. The first-order valence-corrected chi connectivity index (χ1v) is 8.08. The summed E-state index contributed by atoms with van der Waals surface area (Å²) in [7, 11) is 0. The highest BCUT2D eigenvalue weighted by molar-refractivity contribution is 5.74. The molecule has 0 saturated carbocycles. The van der Waals surface area contributed by atoms with Crippen molar-refractivity contribution in [1.29, 1.82) is 0 Å². The lowest BCUT2D eigenvalue weighted by molar-refractivity contribution is -0.138. The zero-order chi connectivity index (χ0) is 15.2. The summed E-state index contributed by atoms with van der Waals surface area (Å²) in [5.74, 6) is -0.674. The van der Waals surface area contributed by atoms with Crippen LogP contribution in [0.4, 0.5) is 4.79 Å². The largest absolute Gasteiger partial charge is 0.481 e. The molecule has 21 heavy (non-hydrogen) atoms. The lowest BCUT2D eigenvalue weighted by atomic mass is 9.95. The average Bonchev–Trinajstić information content (AvgIpc) is 2.91. The van der Waals surface area contributed by atoms with E-state index in [0.717, 1.165) is 38.9 Å². The number of nitrogens with zero attached hydrogens (tertiary/aromatic N) is 2. The predicted octanol–water partition coefficient (Wildman–Crippen LogP) is 1.37. The van der Waals surface area contributed by atoms with Gasteiger partial charge in [0.25, 0.3) is 0 Å². The van der Waals surface area contributed by atoms with Crippen LogP contribution in [0.5, 0.6) is 0 Å². The van der Waals surface area contributed by atoms with Crippen molar-refractivity contribution in [2.45, 2.75) is 45.1 Å². The van der Waals surface area contributed by atoms with E-state index in [1.807, 2.05) is 0 Å². The van der Waals surface area contributed by atoms with Gasteiger partial charge in [-0.15, -0.1) is 0 Å². The molecule has 2 aliphatic heterocycles. The smallest absolute Gasteiger partial charge is 0.317 e. The topological polar surface area (TPSA) is 72.9 Å². The lowest BCUT2D eigenvalue weighted by Gasteiger charge is -2.33. The van der Waals surface area contributed by atoms with E-state index in [4.69, 9.17) is 5.11 Å². The normalized spacial score (nSPS) is 26.8. The number of rotatable bonds is 5. The van der Waals surface area contributed by atoms with Gasteiger partial charge in [-0.2, -0.15) is 0 Å². The van der Waals surface area contributed by atoms with Crippen LogP contribution >= 0.6 is 0 Å². The Morgan fingerprint density at radius 2 is 2.00 bits per heavy atom. The zero-order valence-corrected chi connectivity index (χ0v) is 12.9. The van der Waals surface area contributed by atoms with E-state index in [0.29, 0.717) is 19.1 Å². The van der Waals surface area contributed by atoms with E-state index >= 15 is 0 Å². The first-order chi connectivity index (χ1) is 10.1. The van der Waals surface area contributed by atoms with Crippen LogP contribution in [0.3, 0.4) is 0 Å². The van der Waals surface area contributed by atoms with E-state index in [-0.39, 0.29) is 18.4 Å². The van der Waals surface area contributed by atoms with Gasteiger partial charge in [-0.25, -0.2) is 4.79 Å². The van der Waals surface area contributed by atoms with Gasteiger partial charge in [0.1, 0.15) is 0 Å². The number of nitrogens with one attached hydrogen (secondary N) is 1. The fourth-order valence-electron chi connectivity index (χ4n) is 3.52. The Balaban J connectivity index is 1.76. The molecule has 2 aliphatic rings. The molecular weight excluding hydrogens is 270 g/mol. The Labute approximate surface area is 126 Å². The van der Waals surface area contributed by atoms with E-state index in [9.17, 15) is 9.59 Å². The Hall–Kier alpha value is -1.30. The maximum absolute atomic E-state index is 12.2. The van der Waals surface area contributed by atoms with E-state index in [2.05, 4.69) is 17.1 Å². The van der Waals surface area contributed by atoms with Gasteiger partial charge in [-0.1, -0.05) is 6.92 Å². The van der Waals surface area contributed by atoms with Crippen molar-refractivity contribution in [3.63, 3.8) is 0 Å². The molecule has 2 fully saturated rings. The summed E-state index contributed by atoms with van der Waals surface area (Å²) in [5, 5.41) is 11.9. The molecule has 6 heteroatoms. The molecule has 2 rings (SSSR count). The van der Waals surface area contributed by atoms with Crippen molar-refractivity contribution >= 4 is 12.0 Å². The first kappa shape index (κ1) is 16.1. The Morgan fingerprint density at radius 1 is 1.24 bits per heavy atom. The number of urea groups is 1. The molecular formula is C15H27N3O3. The lowest BCUT2D eigenvalue weighted by Crippen LogP contribution is -2.49. The van der Waals surface area contributed by atoms with Crippen LogP contribution in [0.2, 0.25) is 0 Å². The molecule has 0 aromatic carbocycles. The third kappa shape index (κ3) is 4.59. The molecule has 0 bridgehead atoms. The van der Waals surface area contributed by atoms with Gasteiger partial charge < -0.3 is 15.3 Å². The van der Waals surface area contributed by atoms with Crippen LogP contribution in [0.15, 0.2) is 0 Å². The summed E-state index contributed by atoms with van der Waals surface area (Å²) in [6.45, 7) is 6.32. The number of amides is 2. The second kappa shape index (κ2) is 7.64. The molecule has 0 spiro atoms. The quantitative estimate of drug-likeness (QED) is 0.804. The van der Waals surface area contributed by atoms with Gasteiger partial charge in [0.15, 0.2) is 0 Å². The number of piperidine rings is 1. The molecule has 0 aromatic rings. The van der Waals surface area contributed by atoms with Crippen LogP contribution in [0, 0.1) is 5.92 Å². The van der Waals surface area contributed by atoms with Crippen LogP contribution in [-0.4, -0.2) is 65.7 Å². The minimum absolute atomic E-state index is 0.0342. The summed E-state index contributed by atoms with van der Waals surface area (Å²) in [6.07, 6.45) is 4.32. The fourth-order valence-corrected chi connectivity index (χ4v) is 3.52. The first-order valence-electron chi connectivity index (χ1n) is 8.08. The summed E-state index contributed by atoms with van der Waals surface area (Å²) in [4.78, 5) is 27.2. The van der Waals surface area contributed by atoms with Crippen LogP contribution in [0.25, 0.3) is 0 Å². The van der Waals surface area contributed by atoms with E-state index in [1.54, 1.807) is 4.90 Å². The summed E-state index contributed by atoms with van der Waals surface area (Å²) >= 11 is 0. The molecule has 2 saturated heterocycles. The van der Waals surface area contributed by atoms with E-state index < -0.39 is 5.97 Å². The maximum atomic E-state index is 12.2. The number of likely N-dealkylation sites (N-methyl/N-ethyl adjacent to an activating group) is 1. The van der Waals surface area contributed by atoms with E-state index in [1.165, 1.54) is 6.42 Å². The van der Waals surface area contributed by atoms with Gasteiger partial charge in [-0.05, 0) is 44.7 Å². The van der Waals surface area contributed by atoms with Crippen molar-refractivity contribution in [1.82, 2.24) is 15.1 Å². The highest BCUT2D eigenvalue weighted by Crippen LogP contribution is 2.20. The second-order valence-corrected chi connectivity index (χ2v) is 6.16. The van der Waals surface area contributed by atoms with Crippen molar-refractivity contribution in [2.75, 3.05) is 32.7 Å². The van der Waals surface area contributed by atoms with Crippen molar-refractivity contribution < 1.29 is 14.7 Å². The number of aliphatic carboxylic acids is 1. The standard InChI is InChI=1S/C15H27N3O3/c1-2-17-7-4-6-13(17)10-16-15(21)18-8-3-5-12(11-18)9-14(19)20/h12-13H,2-11H2,1H3,(H,16,21)(H,19,20). The molecule has 120 valence electrons. The number of hydrogen-bond acceptors (Lipinski definition) is 3. The molecule has 2 atom stereocenters. The average molecular weight is 297 g/mol. The Morgan fingerprint density at radius 3 is 2.71 bits per heavy atom. The Kier molecular flexibility index (Phi) is 5.85. The molecule has 0 aliphatic carbocycles. The highest BCUT2D eigenvalue weighted by Gasteiger charge is 2.27. The SMILES string of the molecule is CCN1CCCC1CNC(=O)N1CCCC(CC(=O)O)C1. The molecule has 0 radical (unpaired) electrons. The minimum atomic E-state index is -0.771. The molecule has 2 heterocycles. The summed E-state index contributed by atoms with van der Waals surface area (Å²) < 4.78 is 0. The van der Waals surface area contributed by atoms with Crippen molar-refractivity contribution in [3.05, 3.63) is 0 Å². The van der Waals surface area contributed by atoms with Gasteiger partial charge in [0.05, 0.1) is 0 Å². The number of likely N-dealkylation sites (tertiary alicyclic amines) is 2. The van der Waals surface area contributed by atoms with Crippen LogP contribution in [-0.2, 0) is 4.79 Å². The van der Waals surface area contributed by atoms with Gasteiger partial charge in [0, 0.05) is 32.1 Å². The number of carboxylic acid groups (broad SMARTS) is 1. The zero-order valence-electron chi connectivity index (χ0n) is 12.9. The monoisotopic (exact) mass is 297 g/mol. The van der Waals surface area contributed by atoms with Gasteiger partial charge in [-0.3, -0.25) is 9.69 Å². The Bertz CT molecular complexity index is 375. The molecule has 0 aromatic heterocycles. The summed E-state index contributed by atoms with van der Waals surface area (Å²) in [5.41, 5.74) is 0. The predicted molar refractivity (Wildman–Crippen MR) is 80.2 cm³/mol. The van der Waals surface area contributed by atoms with Gasteiger partial charge in [0.2, 0.25) is 0 Å². The molecule has 2 N–H and O–H groups in total. The number of carbonyl (C=O) groups excluding carboxylic acids is 1.